The number of nitrogens with two attached hydrogens (primary N) is 1. The molecule has 3 N–H and O–H groups in total. The first-order valence-electron chi connectivity index (χ1n) is 6.13. The minimum Gasteiger partial charge on any atom is -0.366 e. The van der Waals surface area contributed by atoms with Crippen molar-refractivity contribution < 1.29 is 5.11 Å². The second kappa shape index (κ2) is 3.64. The molecule has 0 saturated heterocycles. The van der Waals surface area contributed by atoms with E-state index < -0.39 is 5.72 Å². The van der Waals surface area contributed by atoms with Crippen LogP contribution in [0.25, 0.3) is 0 Å². The number of rotatable bonds is 0. The maximum absolute atomic E-state index is 11.2. The van der Waals surface area contributed by atoms with Crippen LogP contribution < -0.4 is 5.84 Å². The van der Waals surface area contributed by atoms with Crippen LogP contribution in [0.4, 0.5) is 0 Å². The average Bonchev–Trinajstić information content (AvgIpc) is 2.56. The van der Waals surface area contributed by atoms with E-state index in [0.717, 1.165) is 33.3 Å². The zero-order valence-electron chi connectivity index (χ0n) is 10.0. The lowest BCUT2D eigenvalue weighted by atomic mass is 9.93. The number of hydrogen-bond donors (Lipinski definition) is 2. The van der Waals surface area contributed by atoms with Gasteiger partial charge in [0.25, 0.3) is 0 Å². The number of benzene rings is 1. The molecular formula is C14H12BrN3O. The Morgan fingerprint density at radius 2 is 2.21 bits per heavy atom. The highest BCUT2D eigenvalue weighted by Gasteiger charge is 2.53. The molecule has 4 rings (SSSR count). The predicted molar refractivity (Wildman–Crippen MR) is 73.8 cm³/mol. The lowest BCUT2D eigenvalue weighted by Crippen LogP contribution is -2.51. The topological polar surface area (TPSA) is 62.4 Å². The van der Waals surface area contributed by atoms with Crippen molar-refractivity contribution in [2.75, 3.05) is 0 Å². The quantitative estimate of drug-likeness (QED) is 0.728. The van der Waals surface area contributed by atoms with E-state index in [0.29, 0.717) is 0 Å². The van der Waals surface area contributed by atoms with Gasteiger partial charge in [-0.25, -0.2) is 5.01 Å². The van der Waals surface area contributed by atoms with Gasteiger partial charge in [-0.1, -0.05) is 28.1 Å². The van der Waals surface area contributed by atoms with Crippen molar-refractivity contribution in [2.45, 2.75) is 18.2 Å². The number of hydrogen-bond acceptors (Lipinski definition) is 4. The molecule has 4 nitrogen and oxygen atoms in total. The van der Waals surface area contributed by atoms with E-state index >= 15 is 0 Å². The van der Waals surface area contributed by atoms with Gasteiger partial charge in [0.2, 0.25) is 0 Å². The van der Waals surface area contributed by atoms with Crippen LogP contribution in [-0.4, -0.2) is 15.1 Å². The van der Waals surface area contributed by atoms with Crippen molar-refractivity contribution in [3.8, 4) is 0 Å². The molecule has 1 aromatic heterocycles. The normalized spacial score (nSPS) is 28.1. The molecule has 2 unspecified atom stereocenters. The van der Waals surface area contributed by atoms with E-state index in [-0.39, 0.29) is 6.04 Å². The van der Waals surface area contributed by atoms with Crippen LogP contribution in [0.3, 0.4) is 0 Å². The van der Waals surface area contributed by atoms with E-state index in [2.05, 4.69) is 20.9 Å². The third kappa shape index (κ3) is 1.31. The summed E-state index contributed by atoms with van der Waals surface area (Å²) in [4.78, 5) is 4.39. The highest BCUT2D eigenvalue weighted by molar-refractivity contribution is 9.10. The smallest absolute Gasteiger partial charge is 0.186 e. The Balaban J connectivity index is 2.07. The fourth-order valence-corrected chi connectivity index (χ4v) is 3.59. The number of aliphatic hydroxyl groups is 1. The maximum atomic E-state index is 11.2. The fourth-order valence-electron chi connectivity index (χ4n) is 3.23. The third-order valence-corrected chi connectivity index (χ3v) is 4.61. The average molecular weight is 318 g/mol. The van der Waals surface area contributed by atoms with E-state index in [1.165, 1.54) is 0 Å². The molecule has 2 aliphatic heterocycles. The highest BCUT2D eigenvalue weighted by atomic mass is 79.9. The summed E-state index contributed by atoms with van der Waals surface area (Å²) in [7, 11) is 0. The first-order chi connectivity index (χ1) is 9.12. The van der Waals surface area contributed by atoms with Crippen LogP contribution in [0.15, 0.2) is 41.0 Å². The molecule has 5 heteroatoms. The van der Waals surface area contributed by atoms with Gasteiger partial charge in [0.15, 0.2) is 5.72 Å². The SMILES string of the molecule is NN1C2Cc3ncccc3C1(O)c1cc(Br)ccc12. The Morgan fingerprint density at radius 1 is 1.37 bits per heavy atom. The maximum Gasteiger partial charge on any atom is 0.186 e. The minimum absolute atomic E-state index is 0.0181. The summed E-state index contributed by atoms with van der Waals surface area (Å²) in [6.07, 6.45) is 2.48. The summed E-state index contributed by atoms with van der Waals surface area (Å²) in [5.41, 5.74) is 2.35. The van der Waals surface area contributed by atoms with Crippen molar-refractivity contribution in [2.24, 2.45) is 5.84 Å². The molecule has 96 valence electrons. The molecule has 2 atom stereocenters. The van der Waals surface area contributed by atoms with Crippen molar-refractivity contribution >= 4 is 15.9 Å². The summed E-state index contributed by atoms with van der Waals surface area (Å²) < 4.78 is 0.936. The second-order valence-electron chi connectivity index (χ2n) is 5.03. The zero-order chi connectivity index (χ0) is 13.2. The van der Waals surface area contributed by atoms with Gasteiger partial charge in [-0.2, -0.15) is 0 Å². The molecule has 0 fully saturated rings. The standard InChI is InChI=1S/C14H12BrN3O/c15-8-3-4-9-11(6-8)14(19)10-2-1-5-17-12(10)7-13(9)18(14)16/h1-6,13,19H,7,16H2. The van der Waals surface area contributed by atoms with Crippen LogP contribution >= 0.6 is 15.9 Å². The predicted octanol–water partition coefficient (Wildman–Crippen LogP) is 1.82. The largest absolute Gasteiger partial charge is 0.366 e. The molecular weight excluding hydrogens is 306 g/mol. The fraction of sp³-hybridized carbons (Fsp3) is 0.214. The number of halogens is 1. The van der Waals surface area contributed by atoms with Gasteiger partial charge in [0.1, 0.15) is 0 Å². The summed E-state index contributed by atoms with van der Waals surface area (Å²) >= 11 is 3.46. The Bertz CT molecular complexity index is 690. The van der Waals surface area contributed by atoms with Crippen LogP contribution in [0.2, 0.25) is 0 Å². The van der Waals surface area contributed by atoms with Gasteiger partial charge >= 0.3 is 0 Å². The van der Waals surface area contributed by atoms with E-state index in [9.17, 15) is 5.11 Å². The molecule has 0 saturated carbocycles. The van der Waals surface area contributed by atoms with Gasteiger partial charge in [-0.15, -0.1) is 0 Å². The first kappa shape index (κ1) is 11.5. The van der Waals surface area contributed by atoms with E-state index in [1.807, 2.05) is 30.3 Å². The summed E-state index contributed by atoms with van der Waals surface area (Å²) in [5.74, 6) is 6.17. The Labute approximate surface area is 119 Å². The first-order valence-corrected chi connectivity index (χ1v) is 6.92. The molecule has 2 aliphatic rings. The van der Waals surface area contributed by atoms with Crippen molar-refractivity contribution in [1.82, 2.24) is 9.99 Å². The summed E-state index contributed by atoms with van der Waals surface area (Å²) in [5, 5.41) is 12.7. The molecule has 0 spiro atoms. The highest BCUT2D eigenvalue weighted by Crippen LogP contribution is 2.52. The van der Waals surface area contributed by atoms with Gasteiger partial charge in [0.05, 0.1) is 11.7 Å². The second-order valence-corrected chi connectivity index (χ2v) is 5.94. The molecule has 0 amide bonds. The molecule has 3 heterocycles. The molecule has 2 aromatic rings. The van der Waals surface area contributed by atoms with Gasteiger partial charge in [-0.05, 0) is 23.8 Å². The van der Waals surface area contributed by atoms with Gasteiger partial charge in [-0.3, -0.25) is 10.8 Å². The molecule has 1 aromatic carbocycles. The summed E-state index contributed by atoms with van der Waals surface area (Å²) in [6.45, 7) is 0. The molecule has 0 aliphatic carbocycles. The van der Waals surface area contributed by atoms with E-state index in [1.54, 1.807) is 11.2 Å². The molecule has 0 radical (unpaired) electrons. The number of hydrazine groups is 1. The zero-order valence-corrected chi connectivity index (χ0v) is 11.6. The number of pyridine rings is 1. The van der Waals surface area contributed by atoms with Gasteiger partial charge in [0, 0.05) is 28.2 Å². The van der Waals surface area contributed by atoms with Gasteiger partial charge < -0.3 is 5.11 Å². The lowest BCUT2D eigenvalue weighted by Gasteiger charge is -2.39. The van der Waals surface area contributed by atoms with Crippen molar-refractivity contribution in [3.63, 3.8) is 0 Å². The third-order valence-electron chi connectivity index (χ3n) is 4.11. The lowest BCUT2D eigenvalue weighted by molar-refractivity contribution is -0.0977. The Kier molecular flexibility index (Phi) is 2.21. The number of fused-ring (bicyclic) bond motifs is 7. The minimum atomic E-state index is -1.27. The van der Waals surface area contributed by atoms with Crippen LogP contribution in [-0.2, 0) is 12.1 Å². The Morgan fingerprint density at radius 3 is 3.05 bits per heavy atom. The van der Waals surface area contributed by atoms with E-state index in [4.69, 9.17) is 5.84 Å². The monoisotopic (exact) mass is 317 g/mol. The van der Waals surface area contributed by atoms with Crippen molar-refractivity contribution in [3.05, 3.63) is 63.4 Å². The molecule has 19 heavy (non-hydrogen) atoms. The Hall–Kier alpha value is -1.27. The number of aromatic nitrogens is 1. The van der Waals surface area contributed by atoms with Crippen molar-refractivity contribution in [1.29, 1.82) is 0 Å². The summed E-state index contributed by atoms with van der Waals surface area (Å²) in [6, 6.07) is 9.66. The number of nitrogens with zero attached hydrogens (tertiary/aromatic N) is 2. The van der Waals surface area contributed by atoms with Crippen LogP contribution in [0, 0.1) is 0 Å². The van der Waals surface area contributed by atoms with Crippen LogP contribution in [0.5, 0.6) is 0 Å². The van der Waals surface area contributed by atoms with Crippen LogP contribution in [0.1, 0.15) is 28.4 Å². The molecule has 2 bridgehead atoms.